The van der Waals surface area contributed by atoms with Crippen LogP contribution in [0.5, 0.6) is 0 Å². The van der Waals surface area contributed by atoms with E-state index in [0.29, 0.717) is 12.8 Å². The Morgan fingerprint density at radius 3 is 2.89 bits per heavy atom. The number of nitrogens with two attached hydrogens (primary N) is 1. The second kappa shape index (κ2) is 2.33. The molecule has 1 amide bonds. The van der Waals surface area contributed by atoms with Gasteiger partial charge in [-0.15, -0.1) is 0 Å². The Hall–Kier alpha value is -0.610. The van der Waals surface area contributed by atoms with Gasteiger partial charge < -0.3 is 16.2 Å². The largest absolute Gasteiger partial charge is 0.372 e. The summed E-state index contributed by atoms with van der Waals surface area (Å²) >= 11 is 0. The molecule has 0 aromatic heterocycles. The van der Waals surface area contributed by atoms with Crippen LogP contribution < -0.4 is 11.1 Å². The van der Waals surface area contributed by atoms with Crippen LogP contribution in [-0.2, 0) is 4.79 Å². The van der Waals surface area contributed by atoms with E-state index >= 15 is 0 Å². The van der Waals surface area contributed by atoms with Gasteiger partial charge in [-0.3, -0.25) is 4.79 Å². The summed E-state index contributed by atoms with van der Waals surface area (Å²) in [7, 11) is 0. The maximum absolute atomic E-state index is 10.5. The second-order valence-electron chi connectivity index (χ2n) is 2.21. The molecule has 0 aliphatic carbocycles. The van der Waals surface area contributed by atoms with Gasteiger partial charge in [0, 0.05) is 12.5 Å². The Kier molecular flexibility index (Phi) is 1.68. The van der Waals surface area contributed by atoms with Gasteiger partial charge in [0.15, 0.2) is 0 Å². The highest BCUT2D eigenvalue weighted by Crippen LogP contribution is 2.03. The highest BCUT2D eigenvalue weighted by Gasteiger charge is 2.22. The van der Waals surface area contributed by atoms with Crippen LogP contribution in [0.25, 0.3) is 0 Å². The van der Waals surface area contributed by atoms with Crippen molar-refractivity contribution in [1.29, 1.82) is 0 Å². The van der Waals surface area contributed by atoms with Gasteiger partial charge in [0.05, 0.1) is 0 Å². The fraction of sp³-hybridized carbons (Fsp3) is 0.800. The summed E-state index contributed by atoms with van der Waals surface area (Å²) in [4.78, 5) is 10.5. The first-order valence-corrected chi connectivity index (χ1v) is 2.93. The number of aliphatic hydroxyl groups excluding tert-OH is 1. The number of carbonyl (C=O) groups excluding carboxylic acids is 1. The molecule has 4 N–H and O–H groups in total. The Morgan fingerprint density at radius 2 is 2.44 bits per heavy atom. The lowest BCUT2D eigenvalue weighted by Crippen LogP contribution is -2.51. The minimum atomic E-state index is -0.841. The van der Waals surface area contributed by atoms with Crippen LogP contribution in [-0.4, -0.2) is 23.3 Å². The number of carbonyl (C=O) groups is 1. The van der Waals surface area contributed by atoms with E-state index < -0.39 is 6.23 Å². The summed E-state index contributed by atoms with van der Waals surface area (Å²) in [5.41, 5.74) is 5.38. The molecule has 0 aromatic carbocycles. The lowest BCUT2D eigenvalue weighted by Gasteiger charge is -2.24. The molecule has 0 spiro atoms. The van der Waals surface area contributed by atoms with Crippen molar-refractivity contribution in [2.45, 2.75) is 25.1 Å². The van der Waals surface area contributed by atoms with Crippen molar-refractivity contribution in [3.05, 3.63) is 0 Å². The molecule has 4 nitrogen and oxygen atoms in total. The molecule has 9 heavy (non-hydrogen) atoms. The summed E-state index contributed by atoms with van der Waals surface area (Å²) in [6.45, 7) is 0. The fourth-order valence-electron chi connectivity index (χ4n) is 0.800. The van der Waals surface area contributed by atoms with E-state index in [0.717, 1.165) is 0 Å². The summed E-state index contributed by atoms with van der Waals surface area (Å²) in [5, 5.41) is 11.2. The number of hydrogen-bond donors (Lipinski definition) is 3. The van der Waals surface area contributed by atoms with E-state index in [9.17, 15) is 4.79 Å². The van der Waals surface area contributed by atoms with E-state index in [1.807, 2.05) is 0 Å². The number of hydrogen-bond acceptors (Lipinski definition) is 3. The van der Waals surface area contributed by atoms with Crippen LogP contribution in [0, 0.1) is 0 Å². The van der Waals surface area contributed by atoms with Crippen molar-refractivity contribution >= 4 is 5.91 Å². The van der Waals surface area contributed by atoms with Crippen LogP contribution in [0.1, 0.15) is 12.8 Å². The van der Waals surface area contributed by atoms with Gasteiger partial charge in [-0.1, -0.05) is 0 Å². The molecule has 0 saturated carbocycles. The molecular weight excluding hydrogens is 120 g/mol. The van der Waals surface area contributed by atoms with E-state index in [4.69, 9.17) is 10.8 Å². The molecule has 0 bridgehead atoms. The highest BCUT2D eigenvalue weighted by molar-refractivity contribution is 5.77. The maximum Gasteiger partial charge on any atom is 0.222 e. The second-order valence-corrected chi connectivity index (χ2v) is 2.21. The third-order valence-corrected chi connectivity index (χ3v) is 1.42. The summed E-state index contributed by atoms with van der Waals surface area (Å²) in [5.74, 6) is -0.121. The van der Waals surface area contributed by atoms with Gasteiger partial charge in [-0.05, 0) is 6.42 Å². The highest BCUT2D eigenvalue weighted by atomic mass is 16.3. The zero-order valence-electron chi connectivity index (χ0n) is 5.00. The van der Waals surface area contributed by atoms with Crippen molar-refractivity contribution in [2.75, 3.05) is 0 Å². The Labute approximate surface area is 53.0 Å². The third kappa shape index (κ3) is 1.40. The monoisotopic (exact) mass is 130 g/mol. The summed E-state index contributed by atoms with van der Waals surface area (Å²) in [6, 6.07) is -0.289. The minimum Gasteiger partial charge on any atom is -0.372 e. The molecule has 1 heterocycles. The third-order valence-electron chi connectivity index (χ3n) is 1.42. The van der Waals surface area contributed by atoms with Gasteiger partial charge in [0.25, 0.3) is 0 Å². The van der Waals surface area contributed by atoms with Crippen molar-refractivity contribution in [3.8, 4) is 0 Å². The minimum absolute atomic E-state index is 0.121. The average Bonchev–Trinajstić information content (AvgIpc) is 1.80. The fourth-order valence-corrected chi connectivity index (χ4v) is 0.800. The number of piperidine rings is 1. The molecule has 52 valence electrons. The maximum atomic E-state index is 10.5. The van der Waals surface area contributed by atoms with E-state index in [-0.39, 0.29) is 11.9 Å². The normalized spacial score (nSPS) is 36.0. The number of nitrogens with one attached hydrogen (secondary N) is 1. The van der Waals surface area contributed by atoms with Crippen LogP contribution in [0.3, 0.4) is 0 Å². The molecule has 0 radical (unpaired) electrons. The van der Waals surface area contributed by atoms with Crippen LogP contribution in [0.4, 0.5) is 0 Å². The molecule has 4 heteroatoms. The predicted octanol–water partition coefficient (Wildman–Crippen LogP) is -1.46. The topological polar surface area (TPSA) is 75.4 Å². The lowest BCUT2D eigenvalue weighted by molar-refractivity contribution is -0.127. The van der Waals surface area contributed by atoms with Crippen LogP contribution in [0.2, 0.25) is 0 Å². The molecule has 2 unspecified atom stereocenters. The van der Waals surface area contributed by atoms with Crippen LogP contribution >= 0.6 is 0 Å². The van der Waals surface area contributed by atoms with Gasteiger partial charge >= 0.3 is 0 Å². The van der Waals surface area contributed by atoms with Gasteiger partial charge in [0.2, 0.25) is 5.91 Å². The molecule has 2 atom stereocenters. The van der Waals surface area contributed by atoms with Crippen LogP contribution in [0.15, 0.2) is 0 Å². The molecule has 1 rings (SSSR count). The smallest absolute Gasteiger partial charge is 0.222 e. The van der Waals surface area contributed by atoms with Gasteiger partial charge in [0.1, 0.15) is 6.23 Å². The molecule has 1 aliphatic rings. The van der Waals surface area contributed by atoms with Gasteiger partial charge in [-0.25, -0.2) is 0 Å². The molecule has 1 aliphatic heterocycles. The standard InChI is InChI=1S/C5H10N2O2/c6-3-1-2-4(8)7-5(3)9/h3,5,9H,1-2,6H2,(H,7,8). The van der Waals surface area contributed by atoms with E-state index in [1.165, 1.54) is 0 Å². The Morgan fingerprint density at radius 1 is 1.78 bits per heavy atom. The van der Waals surface area contributed by atoms with Crippen molar-refractivity contribution in [3.63, 3.8) is 0 Å². The zero-order valence-corrected chi connectivity index (χ0v) is 5.00. The van der Waals surface area contributed by atoms with Gasteiger partial charge in [-0.2, -0.15) is 0 Å². The SMILES string of the molecule is NC1CCC(=O)NC1O. The summed E-state index contributed by atoms with van der Waals surface area (Å²) in [6.07, 6.45) is 0.164. The van der Waals surface area contributed by atoms with E-state index in [2.05, 4.69) is 5.32 Å². The van der Waals surface area contributed by atoms with Crippen molar-refractivity contribution in [2.24, 2.45) is 5.73 Å². The Balaban J connectivity index is 2.44. The predicted molar refractivity (Wildman–Crippen MR) is 31.4 cm³/mol. The number of aliphatic hydroxyl groups is 1. The first-order chi connectivity index (χ1) is 4.20. The molecule has 0 aromatic rings. The van der Waals surface area contributed by atoms with Crippen molar-refractivity contribution < 1.29 is 9.90 Å². The number of rotatable bonds is 0. The summed E-state index contributed by atoms with van der Waals surface area (Å²) < 4.78 is 0. The first-order valence-electron chi connectivity index (χ1n) is 2.93. The van der Waals surface area contributed by atoms with E-state index in [1.54, 1.807) is 0 Å². The molecule has 1 fully saturated rings. The molecular formula is C5H10N2O2. The first kappa shape index (κ1) is 6.51. The quantitative estimate of drug-likeness (QED) is 0.375. The lowest BCUT2D eigenvalue weighted by atomic mass is 10.1. The zero-order chi connectivity index (χ0) is 6.85. The Bertz CT molecular complexity index is 126. The average molecular weight is 130 g/mol. The van der Waals surface area contributed by atoms with Crippen molar-refractivity contribution in [1.82, 2.24) is 5.32 Å². The number of amides is 1. The molecule has 1 saturated heterocycles.